The van der Waals surface area contributed by atoms with Crippen LogP contribution in [0.4, 0.5) is 0 Å². The monoisotopic (exact) mass is 479 g/mol. The Morgan fingerprint density at radius 2 is 1.19 bits per heavy atom. The molecular formula is C25H54NO5P. The van der Waals surface area contributed by atoms with Crippen LogP contribution in [0.5, 0.6) is 0 Å². The third-order valence-corrected chi connectivity index (χ3v) is 6.54. The lowest BCUT2D eigenvalue weighted by atomic mass is 10.0. The molecule has 194 valence electrons. The van der Waals surface area contributed by atoms with Crippen molar-refractivity contribution in [2.75, 3.05) is 54.1 Å². The van der Waals surface area contributed by atoms with Crippen LogP contribution in [-0.4, -0.2) is 58.6 Å². The summed E-state index contributed by atoms with van der Waals surface area (Å²) in [6, 6.07) is 0. The van der Waals surface area contributed by atoms with Gasteiger partial charge in [0.25, 0.3) is 7.82 Å². The molecule has 0 spiro atoms. The molecule has 0 radical (unpaired) electrons. The molecule has 0 N–H and O–H groups in total. The molecule has 0 amide bonds. The van der Waals surface area contributed by atoms with E-state index in [0.717, 1.165) is 13.0 Å². The van der Waals surface area contributed by atoms with E-state index in [4.69, 9.17) is 13.8 Å². The summed E-state index contributed by atoms with van der Waals surface area (Å²) in [5.41, 5.74) is 0. The van der Waals surface area contributed by atoms with Crippen LogP contribution in [-0.2, 0) is 18.3 Å². The fraction of sp³-hybridized carbons (Fsp3) is 1.00. The zero-order chi connectivity index (χ0) is 24.1. The molecule has 0 aliphatic heterocycles. The summed E-state index contributed by atoms with van der Waals surface area (Å²) in [6.45, 7) is 6.28. The molecule has 0 aromatic carbocycles. The first-order chi connectivity index (χ1) is 15.2. The second-order valence-corrected chi connectivity index (χ2v) is 11.8. The predicted octanol–water partition coefficient (Wildman–Crippen LogP) is 6.33. The molecule has 2 atom stereocenters. The van der Waals surface area contributed by atoms with Crippen LogP contribution >= 0.6 is 7.82 Å². The van der Waals surface area contributed by atoms with Gasteiger partial charge in [-0.05, 0) is 6.42 Å². The van der Waals surface area contributed by atoms with Crippen molar-refractivity contribution in [1.29, 1.82) is 0 Å². The summed E-state index contributed by atoms with van der Waals surface area (Å²) in [6.07, 6.45) is 18.8. The molecule has 1 unspecified atom stereocenters. The lowest BCUT2D eigenvalue weighted by Crippen LogP contribution is -2.37. The number of hydrogen-bond donors (Lipinski definition) is 0. The maximum Gasteiger partial charge on any atom is 0.268 e. The van der Waals surface area contributed by atoms with Crippen LogP contribution in [0.2, 0.25) is 0 Å². The highest BCUT2D eigenvalue weighted by Crippen LogP contribution is 2.38. The van der Waals surface area contributed by atoms with Crippen molar-refractivity contribution in [3.05, 3.63) is 0 Å². The summed E-state index contributed by atoms with van der Waals surface area (Å²) in [7, 11) is 1.73. The lowest BCUT2D eigenvalue weighted by Gasteiger charge is -2.27. The van der Waals surface area contributed by atoms with Gasteiger partial charge in [-0.2, -0.15) is 0 Å². The summed E-state index contributed by atoms with van der Waals surface area (Å²) in [4.78, 5) is 11.8. The molecule has 0 aliphatic rings. The average molecular weight is 480 g/mol. The van der Waals surface area contributed by atoms with Gasteiger partial charge in [0.1, 0.15) is 13.2 Å². The van der Waals surface area contributed by atoms with E-state index in [9.17, 15) is 9.46 Å². The molecule has 0 heterocycles. The minimum atomic E-state index is -4.22. The first-order valence-corrected chi connectivity index (χ1v) is 14.6. The Morgan fingerprint density at radius 1 is 0.719 bits per heavy atom. The van der Waals surface area contributed by atoms with Crippen LogP contribution in [0, 0.1) is 5.92 Å². The van der Waals surface area contributed by atoms with Gasteiger partial charge in [-0.15, -0.1) is 0 Å². The van der Waals surface area contributed by atoms with E-state index >= 15 is 0 Å². The highest BCUT2D eigenvalue weighted by Gasteiger charge is 2.15. The van der Waals surface area contributed by atoms with Gasteiger partial charge in [0.05, 0.1) is 34.4 Å². The van der Waals surface area contributed by atoms with Gasteiger partial charge < -0.3 is 23.2 Å². The van der Waals surface area contributed by atoms with E-state index < -0.39 is 7.82 Å². The third-order valence-electron chi connectivity index (χ3n) is 5.57. The van der Waals surface area contributed by atoms with E-state index in [1.165, 1.54) is 83.5 Å². The van der Waals surface area contributed by atoms with Gasteiger partial charge in [-0.25, -0.2) is 0 Å². The molecule has 0 fully saturated rings. The van der Waals surface area contributed by atoms with Gasteiger partial charge in [-0.3, -0.25) is 4.57 Å². The Balaban J connectivity index is 3.40. The van der Waals surface area contributed by atoms with Crippen molar-refractivity contribution in [3.8, 4) is 0 Å². The fourth-order valence-electron chi connectivity index (χ4n) is 3.41. The van der Waals surface area contributed by atoms with Crippen LogP contribution in [0.25, 0.3) is 0 Å². The summed E-state index contributed by atoms with van der Waals surface area (Å²) in [5.74, 6) is 0.0194. The van der Waals surface area contributed by atoms with Gasteiger partial charge >= 0.3 is 0 Å². The zero-order valence-electron chi connectivity index (χ0n) is 21.9. The summed E-state index contributed by atoms with van der Waals surface area (Å²) in [5, 5.41) is 0. The number of rotatable bonds is 24. The maximum absolute atomic E-state index is 11.8. The Hall–Kier alpha value is 0.0300. The minimum absolute atomic E-state index is 0.0194. The van der Waals surface area contributed by atoms with Gasteiger partial charge in [0.2, 0.25) is 0 Å². The Kier molecular flexibility index (Phi) is 20.4. The van der Waals surface area contributed by atoms with Crippen molar-refractivity contribution < 1.29 is 27.7 Å². The molecule has 0 saturated carbocycles. The third kappa shape index (κ3) is 24.7. The first-order valence-electron chi connectivity index (χ1n) is 13.1. The standard InChI is InChI=1S/C25H54NO5P/c1-6-7-8-9-10-11-12-13-14-15-16-17-18-19-21-29-23-25(2)24-31-32(27,28)30-22-20-26(3,4)5/h25H,6-24H2,1-5H3/t25-/m1/s1. The van der Waals surface area contributed by atoms with Crippen LogP contribution in [0.1, 0.15) is 104 Å². The molecule has 0 aromatic rings. The van der Waals surface area contributed by atoms with Crippen molar-refractivity contribution >= 4 is 7.82 Å². The average Bonchev–Trinajstić information content (AvgIpc) is 2.71. The second kappa shape index (κ2) is 20.4. The van der Waals surface area contributed by atoms with E-state index in [-0.39, 0.29) is 19.1 Å². The summed E-state index contributed by atoms with van der Waals surface area (Å²) < 4.78 is 28.0. The SMILES string of the molecule is CCCCCCCCCCCCCCCCOC[C@@H](C)COP(=O)([O-])OCC[N+](C)(C)C. The Morgan fingerprint density at radius 3 is 1.66 bits per heavy atom. The number of nitrogens with zero attached hydrogens (tertiary/aromatic N) is 1. The topological polar surface area (TPSA) is 67.8 Å². The quantitative estimate of drug-likeness (QED) is 0.0919. The largest absolute Gasteiger partial charge is 0.756 e. The predicted molar refractivity (Wildman–Crippen MR) is 133 cm³/mol. The highest BCUT2D eigenvalue weighted by molar-refractivity contribution is 7.45. The minimum Gasteiger partial charge on any atom is -0.756 e. The molecule has 6 nitrogen and oxygen atoms in total. The molecule has 0 rings (SSSR count). The number of ether oxygens (including phenoxy) is 1. The molecule has 0 aliphatic carbocycles. The van der Waals surface area contributed by atoms with Crippen LogP contribution in [0.15, 0.2) is 0 Å². The number of unbranched alkanes of at least 4 members (excludes halogenated alkanes) is 13. The first kappa shape index (κ1) is 32.0. The van der Waals surface area contributed by atoms with Crippen molar-refractivity contribution in [1.82, 2.24) is 0 Å². The fourth-order valence-corrected chi connectivity index (χ4v) is 4.23. The normalized spacial score (nSPS) is 15.1. The maximum atomic E-state index is 11.8. The lowest BCUT2D eigenvalue weighted by molar-refractivity contribution is -0.870. The number of phosphoric acid groups is 1. The summed E-state index contributed by atoms with van der Waals surface area (Å²) >= 11 is 0. The van der Waals surface area contributed by atoms with Gasteiger partial charge in [-0.1, -0.05) is 97.3 Å². The molecule has 32 heavy (non-hydrogen) atoms. The van der Waals surface area contributed by atoms with Gasteiger partial charge in [0.15, 0.2) is 0 Å². The van der Waals surface area contributed by atoms with Gasteiger partial charge in [0, 0.05) is 12.5 Å². The van der Waals surface area contributed by atoms with E-state index in [2.05, 4.69) is 6.92 Å². The zero-order valence-corrected chi connectivity index (χ0v) is 22.8. The second-order valence-electron chi connectivity index (χ2n) is 10.4. The van der Waals surface area contributed by atoms with Crippen LogP contribution < -0.4 is 4.89 Å². The number of hydrogen-bond acceptors (Lipinski definition) is 5. The molecule has 7 heteroatoms. The van der Waals surface area contributed by atoms with Crippen molar-refractivity contribution in [2.45, 2.75) is 104 Å². The number of quaternary nitrogens is 1. The molecule has 0 aromatic heterocycles. The molecule has 0 saturated heterocycles. The number of likely N-dealkylation sites (N-methyl/N-ethyl adjacent to an activating group) is 1. The molecule has 0 bridgehead atoms. The van der Waals surface area contributed by atoms with E-state index in [1.54, 1.807) is 0 Å². The Bertz CT molecular complexity index is 456. The van der Waals surface area contributed by atoms with Crippen molar-refractivity contribution in [2.24, 2.45) is 5.92 Å². The van der Waals surface area contributed by atoms with E-state index in [0.29, 0.717) is 17.6 Å². The Labute approximate surface area is 199 Å². The molecular weight excluding hydrogens is 425 g/mol. The smallest absolute Gasteiger partial charge is 0.268 e. The van der Waals surface area contributed by atoms with E-state index in [1.807, 2.05) is 28.1 Å². The van der Waals surface area contributed by atoms with Crippen molar-refractivity contribution in [3.63, 3.8) is 0 Å². The highest BCUT2D eigenvalue weighted by atomic mass is 31.2. The number of phosphoric ester groups is 1. The van der Waals surface area contributed by atoms with Crippen LogP contribution in [0.3, 0.4) is 0 Å².